The summed E-state index contributed by atoms with van der Waals surface area (Å²) in [5, 5.41) is 5.93. The molecule has 0 radical (unpaired) electrons. The monoisotopic (exact) mass is 329 g/mol. The number of hydrogen-bond acceptors (Lipinski definition) is 2. The van der Waals surface area contributed by atoms with Crippen molar-refractivity contribution < 1.29 is 9.59 Å². The quantitative estimate of drug-likeness (QED) is 0.890. The summed E-state index contributed by atoms with van der Waals surface area (Å²) in [7, 11) is 3.43. The molecule has 0 unspecified atom stereocenters. The Balaban J connectivity index is 1.57. The van der Waals surface area contributed by atoms with Crippen LogP contribution in [0.4, 0.5) is 10.5 Å². The number of amides is 3. The van der Waals surface area contributed by atoms with Crippen LogP contribution in [0.5, 0.6) is 0 Å². The molecule has 1 aromatic rings. The highest BCUT2D eigenvalue weighted by molar-refractivity contribution is 5.96. The molecule has 5 nitrogen and oxygen atoms in total. The average Bonchev–Trinajstić information content (AvgIpc) is 3.17. The van der Waals surface area contributed by atoms with Gasteiger partial charge in [-0.15, -0.1) is 0 Å². The number of nitrogens with one attached hydrogen (secondary N) is 2. The molecule has 2 fully saturated rings. The number of carbonyl (C=O) groups excluding carboxylic acids is 2. The highest BCUT2D eigenvalue weighted by Gasteiger charge is 2.42. The largest absolute Gasteiger partial charge is 0.345 e. The van der Waals surface area contributed by atoms with Gasteiger partial charge in [-0.2, -0.15) is 0 Å². The molecule has 4 atom stereocenters. The SMILES string of the molecule is C[C@@H](NC(=O)Nc1cccc(C(=O)N(C)C)c1)[C@@H]1C[C@H]2CC[C@H]1C2. The molecule has 2 saturated carbocycles. The van der Waals surface area contributed by atoms with E-state index >= 15 is 0 Å². The first kappa shape index (κ1) is 16.8. The highest BCUT2D eigenvalue weighted by atomic mass is 16.2. The molecule has 2 aliphatic carbocycles. The fraction of sp³-hybridized carbons (Fsp3) is 0.579. The van der Waals surface area contributed by atoms with Gasteiger partial charge in [0.15, 0.2) is 0 Å². The number of carbonyl (C=O) groups is 2. The molecule has 0 saturated heterocycles. The molecule has 0 aliphatic heterocycles. The fourth-order valence-electron chi connectivity index (χ4n) is 4.38. The Kier molecular flexibility index (Phi) is 4.78. The first-order chi connectivity index (χ1) is 11.4. The van der Waals surface area contributed by atoms with Gasteiger partial charge < -0.3 is 15.5 Å². The molecule has 2 bridgehead atoms. The number of hydrogen-bond donors (Lipinski definition) is 2. The molecular weight excluding hydrogens is 302 g/mol. The predicted octanol–water partition coefficient (Wildman–Crippen LogP) is 3.33. The minimum atomic E-state index is -0.195. The third kappa shape index (κ3) is 3.55. The van der Waals surface area contributed by atoms with Crippen LogP contribution in [0.1, 0.15) is 43.0 Å². The second-order valence-electron chi connectivity index (χ2n) is 7.51. The second kappa shape index (κ2) is 6.83. The van der Waals surface area contributed by atoms with Gasteiger partial charge in [-0.25, -0.2) is 4.79 Å². The van der Waals surface area contributed by atoms with Crippen LogP contribution in [0.25, 0.3) is 0 Å². The van der Waals surface area contributed by atoms with Crippen LogP contribution in [0, 0.1) is 17.8 Å². The Labute approximate surface area is 143 Å². The highest BCUT2D eigenvalue weighted by Crippen LogP contribution is 2.49. The predicted molar refractivity (Wildman–Crippen MR) is 95.0 cm³/mol. The van der Waals surface area contributed by atoms with E-state index in [4.69, 9.17) is 0 Å². The molecule has 1 aromatic carbocycles. The van der Waals surface area contributed by atoms with Crippen molar-refractivity contribution in [2.45, 2.75) is 38.6 Å². The van der Waals surface area contributed by atoms with Gasteiger partial charge in [0.05, 0.1) is 0 Å². The minimum Gasteiger partial charge on any atom is -0.345 e. The molecule has 3 rings (SSSR count). The number of rotatable bonds is 4. The second-order valence-corrected chi connectivity index (χ2v) is 7.51. The van der Waals surface area contributed by atoms with Gasteiger partial charge in [0.25, 0.3) is 5.91 Å². The smallest absolute Gasteiger partial charge is 0.319 e. The van der Waals surface area contributed by atoms with E-state index in [2.05, 4.69) is 17.6 Å². The molecule has 0 heterocycles. The third-order valence-corrected chi connectivity index (χ3v) is 5.57. The van der Waals surface area contributed by atoms with Gasteiger partial charge in [0.2, 0.25) is 0 Å². The van der Waals surface area contributed by atoms with Crippen molar-refractivity contribution in [2.75, 3.05) is 19.4 Å². The summed E-state index contributed by atoms with van der Waals surface area (Å²) in [6.07, 6.45) is 5.27. The zero-order valence-electron chi connectivity index (χ0n) is 14.7. The van der Waals surface area contributed by atoms with Crippen LogP contribution in [0.15, 0.2) is 24.3 Å². The third-order valence-electron chi connectivity index (χ3n) is 5.57. The fourth-order valence-corrected chi connectivity index (χ4v) is 4.38. The van der Waals surface area contributed by atoms with E-state index in [1.807, 2.05) is 0 Å². The van der Waals surface area contributed by atoms with Crippen LogP contribution in [-0.4, -0.2) is 37.0 Å². The van der Waals surface area contributed by atoms with Gasteiger partial charge in [-0.05, 0) is 62.1 Å². The Bertz CT molecular complexity index is 629. The van der Waals surface area contributed by atoms with Crippen molar-refractivity contribution in [3.05, 3.63) is 29.8 Å². The van der Waals surface area contributed by atoms with E-state index in [1.54, 1.807) is 38.4 Å². The van der Waals surface area contributed by atoms with Crippen LogP contribution in [0.3, 0.4) is 0 Å². The standard InChI is InChI=1S/C19H27N3O2/c1-12(17-10-13-7-8-14(17)9-13)20-19(24)21-16-6-4-5-15(11-16)18(23)22(2)3/h4-6,11-14,17H,7-10H2,1-3H3,(H2,20,21,24)/t12-,13+,14+,17+/m1/s1. The molecule has 24 heavy (non-hydrogen) atoms. The van der Waals surface area contributed by atoms with Gasteiger partial charge in [-0.1, -0.05) is 12.5 Å². The average molecular weight is 329 g/mol. The number of anilines is 1. The molecule has 2 aliphatic rings. The van der Waals surface area contributed by atoms with Gasteiger partial charge in [0, 0.05) is 31.4 Å². The van der Waals surface area contributed by atoms with E-state index in [0.717, 1.165) is 11.8 Å². The summed E-state index contributed by atoms with van der Waals surface area (Å²) in [5.74, 6) is 2.19. The Morgan fingerprint density at radius 1 is 1.21 bits per heavy atom. The molecule has 3 amide bonds. The lowest BCUT2D eigenvalue weighted by molar-refractivity contribution is 0.0827. The summed E-state index contributed by atoms with van der Waals surface area (Å²) >= 11 is 0. The van der Waals surface area contributed by atoms with E-state index in [9.17, 15) is 9.59 Å². The molecule has 5 heteroatoms. The number of fused-ring (bicyclic) bond motifs is 2. The first-order valence-corrected chi connectivity index (χ1v) is 8.83. The van der Waals surface area contributed by atoms with Gasteiger partial charge >= 0.3 is 6.03 Å². The van der Waals surface area contributed by atoms with Crippen LogP contribution in [-0.2, 0) is 0 Å². The van der Waals surface area contributed by atoms with E-state index < -0.39 is 0 Å². The maximum absolute atomic E-state index is 12.3. The molecule has 130 valence electrons. The van der Waals surface area contributed by atoms with Crippen molar-refractivity contribution >= 4 is 17.6 Å². The van der Waals surface area contributed by atoms with E-state index in [-0.39, 0.29) is 18.0 Å². The van der Waals surface area contributed by atoms with Crippen molar-refractivity contribution in [1.82, 2.24) is 10.2 Å². The number of urea groups is 1. The van der Waals surface area contributed by atoms with Gasteiger partial charge in [-0.3, -0.25) is 4.79 Å². The maximum atomic E-state index is 12.3. The van der Waals surface area contributed by atoms with Crippen molar-refractivity contribution in [3.8, 4) is 0 Å². The number of nitrogens with zero attached hydrogens (tertiary/aromatic N) is 1. The van der Waals surface area contributed by atoms with Crippen molar-refractivity contribution in [2.24, 2.45) is 17.8 Å². The lowest BCUT2D eigenvalue weighted by atomic mass is 9.84. The minimum absolute atomic E-state index is 0.0746. The summed E-state index contributed by atoms with van der Waals surface area (Å²) in [6.45, 7) is 2.11. The number of benzene rings is 1. The zero-order valence-corrected chi connectivity index (χ0v) is 14.7. The Morgan fingerprint density at radius 2 is 2.00 bits per heavy atom. The lowest BCUT2D eigenvalue weighted by Crippen LogP contribution is -2.42. The zero-order chi connectivity index (χ0) is 17.3. The summed E-state index contributed by atoms with van der Waals surface area (Å²) in [4.78, 5) is 25.8. The van der Waals surface area contributed by atoms with E-state index in [0.29, 0.717) is 17.2 Å². The van der Waals surface area contributed by atoms with Crippen molar-refractivity contribution in [3.63, 3.8) is 0 Å². The van der Waals surface area contributed by atoms with Crippen molar-refractivity contribution in [1.29, 1.82) is 0 Å². The lowest BCUT2D eigenvalue weighted by Gasteiger charge is -2.28. The molecule has 2 N–H and O–H groups in total. The topological polar surface area (TPSA) is 61.4 Å². The Morgan fingerprint density at radius 3 is 2.62 bits per heavy atom. The molecule has 0 aromatic heterocycles. The Hall–Kier alpha value is -2.04. The maximum Gasteiger partial charge on any atom is 0.319 e. The summed E-state index contributed by atoms with van der Waals surface area (Å²) < 4.78 is 0. The first-order valence-electron chi connectivity index (χ1n) is 8.83. The van der Waals surface area contributed by atoms with Gasteiger partial charge in [0.1, 0.15) is 0 Å². The normalized spacial score (nSPS) is 26.0. The van der Waals surface area contributed by atoms with Crippen LogP contribution in [0.2, 0.25) is 0 Å². The molecular formula is C19H27N3O2. The van der Waals surface area contributed by atoms with Crippen LogP contribution >= 0.6 is 0 Å². The van der Waals surface area contributed by atoms with E-state index in [1.165, 1.54) is 30.6 Å². The summed E-state index contributed by atoms with van der Waals surface area (Å²) in [6, 6.07) is 7.04. The molecule has 0 spiro atoms. The van der Waals surface area contributed by atoms with Crippen LogP contribution < -0.4 is 10.6 Å². The summed E-state index contributed by atoms with van der Waals surface area (Å²) in [5.41, 5.74) is 1.21.